The maximum absolute atomic E-state index is 13.0. The Hall–Kier alpha value is -1.72. The fraction of sp³-hybridized carbons (Fsp3) is 0.250. The molecule has 0 N–H and O–H groups in total. The van der Waals surface area contributed by atoms with Gasteiger partial charge in [-0.25, -0.2) is 8.78 Å². The van der Waals surface area contributed by atoms with E-state index in [1.54, 1.807) is 0 Å². The number of methoxy groups -OCH3 is 1. The summed E-state index contributed by atoms with van der Waals surface area (Å²) in [6.07, 6.45) is 0. The molecule has 0 heterocycles. The summed E-state index contributed by atoms with van der Waals surface area (Å²) in [5.41, 5.74) is -0.559. The second-order valence-electron chi connectivity index (χ2n) is 2.56. The number of hydrogen-bond donors (Lipinski definition) is 0. The number of ether oxygens (including phenoxy) is 1. The van der Waals surface area contributed by atoms with E-state index in [0.717, 1.165) is 12.1 Å². The van der Waals surface area contributed by atoms with Crippen molar-refractivity contribution in [1.82, 2.24) is 0 Å². The van der Waals surface area contributed by atoms with Gasteiger partial charge in [0.25, 0.3) is 0 Å². The molecule has 0 amide bonds. The molecular weight excluding hydrogens is 196 g/mol. The van der Waals surface area contributed by atoms with Crippen molar-refractivity contribution in [3.63, 3.8) is 0 Å². The topological polar surface area (TPSA) is 52.4 Å². The molecule has 0 unspecified atom stereocenters. The second-order valence-corrected chi connectivity index (χ2v) is 2.56. The maximum atomic E-state index is 13.0. The van der Waals surface area contributed by atoms with Crippen LogP contribution in [0.3, 0.4) is 0 Å². The quantitative estimate of drug-likeness (QED) is 0.555. The van der Waals surface area contributed by atoms with Crippen LogP contribution in [0, 0.1) is 21.7 Å². The SMILES string of the molecule is COc1cc(F)c(C[N+](=O)[O-])c(F)c1. The minimum Gasteiger partial charge on any atom is -0.497 e. The summed E-state index contributed by atoms with van der Waals surface area (Å²) in [7, 11) is 1.25. The third kappa shape index (κ3) is 2.15. The van der Waals surface area contributed by atoms with E-state index in [2.05, 4.69) is 4.74 Å². The average molecular weight is 203 g/mol. The Balaban J connectivity index is 3.11. The first kappa shape index (κ1) is 10.4. The highest BCUT2D eigenvalue weighted by Gasteiger charge is 2.16. The molecular formula is C8H7F2NO3. The minimum atomic E-state index is -0.974. The van der Waals surface area contributed by atoms with Gasteiger partial charge in [-0.3, -0.25) is 10.1 Å². The first-order valence-electron chi connectivity index (χ1n) is 3.68. The molecule has 0 saturated heterocycles. The van der Waals surface area contributed by atoms with Crippen LogP contribution < -0.4 is 4.74 Å². The van der Waals surface area contributed by atoms with Gasteiger partial charge in [-0.05, 0) is 0 Å². The van der Waals surface area contributed by atoms with E-state index >= 15 is 0 Å². The summed E-state index contributed by atoms with van der Waals surface area (Å²) in [4.78, 5) is 9.27. The molecule has 0 fully saturated rings. The van der Waals surface area contributed by atoms with Crippen molar-refractivity contribution in [3.05, 3.63) is 39.4 Å². The summed E-state index contributed by atoms with van der Waals surface area (Å²) < 4.78 is 30.7. The van der Waals surface area contributed by atoms with Crippen molar-refractivity contribution < 1.29 is 18.4 Å². The largest absolute Gasteiger partial charge is 0.497 e. The Morgan fingerprint density at radius 2 is 1.93 bits per heavy atom. The number of nitrogens with zero attached hydrogens (tertiary/aromatic N) is 1. The Morgan fingerprint density at radius 1 is 1.43 bits per heavy atom. The van der Waals surface area contributed by atoms with E-state index < -0.39 is 28.7 Å². The van der Waals surface area contributed by atoms with Gasteiger partial charge < -0.3 is 4.74 Å². The first-order chi connectivity index (χ1) is 6.54. The zero-order valence-corrected chi connectivity index (χ0v) is 7.29. The number of nitro groups is 1. The van der Waals surface area contributed by atoms with Crippen LogP contribution in [-0.2, 0) is 6.54 Å². The van der Waals surface area contributed by atoms with E-state index in [0.29, 0.717) is 0 Å². The molecule has 1 aromatic rings. The number of benzene rings is 1. The van der Waals surface area contributed by atoms with Gasteiger partial charge in [0, 0.05) is 17.1 Å². The van der Waals surface area contributed by atoms with Crippen LogP contribution in [0.25, 0.3) is 0 Å². The van der Waals surface area contributed by atoms with Crippen LogP contribution in [0.2, 0.25) is 0 Å². The summed E-state index contributed by atoms with van der Waals surface area (Å²) in [5, 5.41) is 10.1. The van der Waals surface area contributed by atoms with Gasteiger partial charge in [-0.2, -0.15) is 0 Å². The summed E-state index contributed by atoms with van der Waals surface area (Å²) in [5.74, 6) is -1.95. The van der Waals surface area contributed by atoms with Crippen molar-refractivity contribution >= 4 is 0 Å². The Labute approximate surface area is 78.3 Å². The summed E-state index contributed by atoms with van der Waals surface area (Å²) in [6.45, 7) is -0.873. The highest BCUT2D eigenvalue weighted by Crippen LogP contribution is 2.20. The second kappa shape index (κ2) is 3.99. The fourth-order valence-electron chi connectivity index (χ4n) is 0.978. The van der Waals surface area contributed by atoms with Crippen LogP contribution in [0.4, 0.5) is 8.78 Å². The highest BCUT2D eigenvalue weighted by molar-refractivity contribution is 5.30. The lowest BCUT2D eigenvalue weighted by Gasteiger charge is -2.03. The zero-order valence-electron chi connectivity index (χ0n) is 7.29. The maximum Gasteiger partial charge on any atom is 0.234 e. The Kier molecular flexibility index (Phi) is 2.95. The Morgan fingerprint density at radius 3 is 2.29 bits per heavy atom. The van der Waals surface area contributed by atoms with Gasteiger partial charge in [0.15, 0.2) is 0 Å². The fourth-order valence-corrected chi connectivity index (χ4v) is 0.978. The molecule has 0 atom stereocenters. The van der Waals surface area contributed by atoms with Crippen LogP contribution in [0.5, 0.6) is 5.75 Å². The summed E-state index contributed by atoms with van der Waals surface area (Å²) >= 11 is 0. The molecule has 1 rings (SSSR count). The molecule has 76 valence electrons. The normalized spacial score (nSPS) is 9.93. The van der Waals surface area contributed by atoms with E-state index in [1.807, 2.05) is 0 Å². The molecule has 0 aliphatic heterocycles. The third-order valence-corrected chi connectivity index (χ3v) is 1.64. The molecule has 6 heteroatoms. The van der Waals surface area contributed by atoms with Crippen LogP contribution in [0.15, 0.2) is 12.1 Å². The monoisotopic (exact) mass is 203 g/mol. The zero-order chi connectivity index (χ0) is 10.7. The van der Waals surface area contributed by atoms with Crippen molar-refractivity contribution in [1.29, 1.82) is 0 Å². The van der Waals surface area contributed by atoms with Crippen molar-refractivity contribution in [2.24, 2.45) is 0 Å². The first-order valence-corrected chi connectivity index (χ1v) is 3.68. The molecule has 1 aromatic carbocycles. The molecule has 0 spiro atoms. The predicted octanol–water partition coefficient (Wildman–Crippen LogP) is 1.75. The van der Waals surface area contributed by atoms with E-state index in [1.165, 1.54) is 7.11 Å². The van der Waals surface area contributed by atoms with Crippen molar-refractivity contribution in [2.45, 2.75) is 6.54 Å². The van der Waals surface area contributed by atoms with Crippen molar-refractivity contribution in [2.75, 3.05) is 7.11 Å². The number of halogens is 2. The molecule has 0 radical (unpaired) electrons. The van der Waals surface area contributed by atoms with Crippen LogP contribution >= 0.6 is 0 Å². The molecule has 14 heavy (non-hydrogen) atoms. The van der Waals surface area contributed by atoms with Crippen LogP contribution in [0.1, 0.15) is 5.56 Å². The third-order valence-electron chi connectivity index (χ3n) is 1.64. The lowest BCUT2D eigenvalue weighted by molar-refractivity contribution is -0.497. The summed E-state index contributed by atoms with van der Waals surface area (Å²) in [6, 6.07) is 1.81. The van der Waals surface area contributed by atoms with Gasteiger partial charge in [0.05, 0.1) is 12.7 Å². The van der Waals surface area contributed by atoms with Gasteiger partial charge in [-0.15, -0.1) is 0 Å². The molecule has 0 aliphatic rings. The smallest absolute Gasteiger partial charge is 0.234 e. The lowest BCUT2D eigenvalue weighted by atomic mass is 10.2. The van der Waals surface area contributed by atoms with E-state index in [-0.39, 0.29) is 5.75 Å². The standard InChI is InChI=1S/C8H7F2NO3/c1-14-5-2-7(9)6(4-11(12)13)8(10)3-5/h2-3H,4H2,1H3. The van der Waals surface area contributed by atoms with Gasteiger partial charge in [0.2, 0.25) is 6.54 Å². The Bertz CT molecular complexity index is 345. The van der Waals surface area contributed by atoms with E-state index in [9.17, 15) is 18.9 Å². The van der Waals surface area contributed by atoms with E-state index in [4.69, 9.17) is 0 Å². The predicted molar refractivity (Wildman–Crippen MR) is 43.6 cm³/mol. The number of hydrogen-bond acceptors (Lipinski definition) is 3. The minimum absolute atomic E-state index is 0.00732. The van der Waals surface area contributed by atoms with Crippen LogP contribution in [-0.4, -0.2) is 12.0 Å². The average Bonchev–Trinajstić information content (AvgIpc) is 2.10. The molecule has 0 saturated carbocycles. The highest BCUT2D eigenvalue weighted by atomic mass is 19.1. The van der Waals surface area contributed by atoms with Gasteiger partial charge in [-0.1, -0.05) is 0 Å². The molecule has 4 nitrogen and oxygen atoms in total. The lowest BCUT2D eigenvalue weighted by Crippen LogP contribution is -2.04. The number of rotatable bonds is 3. The van der Waals surface area contributed by atoms with Gasteiger partial charge >= 0.3 is 0 Å². The molecule has 0 aliphatic carbocycles. The van der Waals surface area contributed by atoms with Gasteiger partial charge in [0.1, 0.15) is 17.4 Å². The van der Waals surface area contributed by atoms with Crippen molar-refractivity contribution in [3.8, 4) is 5.75 Å². The molecule has 0 bridgehead atoms. The molecule has 0 aromatic heterocycles.